The summed E-state index contributed by atoms with van der Waals surface area (Å²) in [6, 6.07) is 0. The van der Waals surface area contributed by atoms with E-state index in [4.69, 9.17) is 0 Å². The first-order chi connectivity index (χ1) is 11.7. The molecule has 1 rings (SSSR count). The number of nitrogens with zero attached hydrogens (tertiary/aromatic N) is 1. The van der Waals surface area contributed by atoms with Gasteiger partial charge in [0.2, 0.25) is 0 Å². The molecular weight excluding hydrogens is 290 g/mol. The molecule has 0 aliphatic carbocycles. The summed E-state index contributed by atoms with van der Waals surface area (Å²) >= 11 is 0. The Balaban J connectivity index is 1.79. The van der Waals surface area contributed by atoms with Gasteiger partial charge in [0.05, 0.1) is 26.7 Å². The van der Waals surface area contributed by atoms with Gasteiger partial charge in [0.25, 0.3) is 0 Å². The molecule has 1 aliphatic rings. The zero-order valence-corrected chi connectivity index (χ0v) is 17.5. The number of piperidine rings is 1. The zero-order valence-electron chi connectivity index (χ0n) is 17.5. The lowest BCUT2D eigenvalue weighted by molar-refractivity contribution is -0.917. The van der Waals surface area contributed by atoms with Crippen LogP contribution in [0, 0.1) is 5.92 Å². The van der Waals surface area contributed by atoms with Gasteiger partial charge in [-0.3, -0.25) is 0 Å². The molecule has 0 aromatic rings. The van der Waals surface area contributed by atoms with Crippen LogP contribution in [-0.4, -0.2) is 31.2 Å². The van der Waals surface area contributed by atoms with E-state index in [9.17, 15) is 0 Å². The van der Waals surface area contributed by atoms with Gasteiger partial charge in [0.1, 0.15) is 0 Å². The van der Waals surface area contributed by atoms with Gasteiger partial charge in [-0.1, -0.05) is 90.9 Å². The Kier molecular flexibility index (Phi) is 13.0. The molecule has 0 aromatic heterocycles. The minimum atomic E-state index is 0.954. The predicted molar refractivity (Wildman–Crippen MR) is 109 cm³/mol. The van der Waals surface area contributed by atoms with Gasteiger partial charge in [-0.2, -0.15) is 0 Å². The molecule has 2 unspecified atom stereocenters. The molecule has 0 N–H and O–H groups in total. The molecule has 1 heteroatoms. The molecule has 1 fully saturated rings. The second-order valence-corrected chi connectivity index (χ2v) is 9.09. The lowest BCUT2D eigenvalue weighted by atomic mass is 9.97. The molecule has 1 nitrogen and oxygen atoms in total. The highest BCUT2D eigenvalue weighted by Gasteiger charge is 2.27. The molecule has 0 spiro atoms. The first-order valence-electron chi connectivity index (χ1n) is 11.5. The fraction of sp³-hybridized carbons (Fsp3) is 1.00. The quantitative estimate of drug-likeness (QED) is 0.216. The van der Waals surface area contributed by atoms with Crippen LogP contribution in [0.4, 0.5) is 0 Å². The van der Waals surface area contributed by atoms with Crippen molar-refractivity contribution in [3.8, 4) is 0 Å². The third-order valence-corrected chi connectivity index (χ3v) is 6.20. The van der Waals surface area contributed by atoms with Crippen molar-refractivity contribution in [3.05, 3.63) is 0 Å². The SMILES string of the molecule is CCCCCCCCCCCCCCCC[N+]1(C)CCCC(C)C1. The molecule has 0 radical (unpaired) electrons. The normalized spacial score (nSPS) is 24.4. The molecular formula is C23H48N+. The number of unbranched alkanes of at least 4 members (excludes halogenated alkanes) is 13. The van der Waals surface area contributed by atoms with E-state index >= 15 is 0 Å². The van der Waals surface area contributed by atoms with Crippen molar-refractivity contribution in [2.45, 2.75) is 117 Å². The summed E-state index contributed by atoms with van der Waals surface area (Å²) < 4.78 is 1.36. The third-order valence-electron chi connectivity index (χ3n) is 6.20. The average Bonchev–Trinajstić information content (AvgIpc) is 2.55. The standard InChI is InChI=1S/C23H48N/c1-4-5-6-7-8-9-10-11-12-13-14-15-16-17-20-24(3)21-18-19-23(2)22-24/h23H,4-22H2,1-3H3/q+1. The second-order valence-electron chi connectivity index (χ2n) is 9.09. The smallest absolute Gasteiger partial charge is 0.0810 e. The Hall–Kier alpha value is -0.0400. The van der Waals surface area contributed by atoms with Crippen molar-refractivity contribution in [1.82, 2.24) is 0 Å². The highest BCUT2D eigenvalue weighted by Crippen LogP contribution is 2.22. The van der Waals surface area contributed by atoms with Crippen LogP contribution in [0.5, 0.6) is 0 Å². The largest absolute Gasteiger partial charge is 0.326 e. The minimum absolute atomic E-state index is 0.954. The van der Waals surface area contributed by atoms with Crippen LogP contribution in [0.15, 0.2) is 0 Å². The highest BCUT2D eigenvalue weighted by atomic mass is 15.3. The molecule has 1 aliphatic heterocycles. The fourth-order valence-corrected chi connectivity index (χ4v) is 4.65. The van der Waals surface area contributed by atoms with Gasteiger partial charge in [-0.25, -0.2) is 0 Å². The lowest BCUT2D eigenvalue weighted by Crippen LogP contribution is -2.51. The van der Waals surface area contributed by atoms with Gasteiger partial charge in [0.15, 0.2) is 0 Å². The van der Waals surface area contributed by atoms with Crippen molar-refractivity contribution < 1.29 is 4.48 Å². The summed E-state index contributed by atoms with van der Waals surface area (Å²) in [5, 5.41) is 0. The number of likely N-dealkylation sites (tertiary alicyclic amines) is 1. The summed E-state index contributed by atoms with van der Waals surface area (Å²) in [6.45, 7) is 9.04. The minimum Gasteiger partial charge on any atom is -0.326 e. The van der Waals surface area contributed by atoms with Gasteiger partial charge < -0.3 is 4.48 Å². The molecule has 24 heavy (non-hydrogen) atoms. The summed E-state index contributed by atoms with van der Waals surface area (Å²) in [5.74, 6) is 0.954. The van der Waals surface area contributed by atoms with E-state index in [-0.39, 0.29) is 0 Å². The van der Waals surface area contributed by atoms with Crippen LogP contribution in [0.3, 0.4) is 0 Å². The average molecular weight is 339 g/mol. The zero-order chi connectivity index (χ0) is 17.5. The molecule has 0 amide bonds. The molecule has 0 aromatic carbocycles. The maximum atomic E-state index is 2.50. The van der Waals surface area contributed by atoms with Gasteiger partial charge >= 0.3 is 0 Å². The van der Waals surface area contributed by atoms with Crippen LogP contribution in [0.25, 0.3) is 0 Å². The van der Waals surface area contributed by atoms with E-state index < -0.39 is 0 Å². The monoisotopic (exact) mass is 338 g/mol. The van der Waals surface area contributed by atoms with Crippen molar-refractivity contribution in [3.63, 3.8) is 0 Å². The van der Waals surface area contributed by atoms with E-state index in [0.29, 0.717) is 0 Å². The Labute approximate surface area is 154 Å². The molecule has 1 saturated heterocycles. The number of quaternary nitrogens is 1. The maximum Gasteiger partial charge on any atom is 0.0810 e. The molecule has 1 heterocycles. The molecule has 2 atom stereocenters. The first-order valence-corrected chi connectivity index (χ1v) is 11.5. The fourth-order valence-electron chi connectivity index (χ4n) is 4.65. The van der Waals surface area contributed by atoms with Crippen LogP contribution in [-0.2, 0) is 0 Å². The summed E-state index contributed by atoms with van der Waals surface area (Å²) in [5.41, 5.74) is 0. The van der Waals surface area contributed by atoms with Crippen LogP contribution in [0.2, 0.25) is 0 Å². The number of hydrogen-bond acceptors (Lipinski definition) is 0. The Morgan fingerprint density at radius 3 is 1.62 bits per heavy atom. The third kappa shape index (κ3) is 11.5. The van der Waals surface area contributed by atoms with Crippen molar-refractivity contribution >= 4 is 0 Å². The van der Waals surface area contributed by atoms with Crippen molar-refractivity contribution in [2.24, 2.45) is 5.92 Å². The Bertz CT molecular complexity index is 275. The first kappa shape index (κ1) is 22.0. The van der Waals surface area contributed by atoms with E-state index in [1.165, 1.54) is 127 Å². The van der Waals surface area contributed by atoms with Gasteiger partial charge in [-0.15, -0.1) is 0 Å². The van der Waals surface area contributed by atoms with E-state index in [1.807, 2.05) is 0 Å². The van der Waals surface area contributed by atoms with Gasteiger partial charge in [-0.05, 0) is 25.7 Å². The summed E-state index contributed by atoms with van der Waals surface area (Å²) in [6.07, 6.45) is 23.5. The Morgan fingerprint density at radius 2 is 1.17 bits per heavy atom. The summed E-state index contributed by atoms with van der Waals surface area (Å²) in [7, 11) is 2.50. The maximum absolute atomic E-state index is 2.50. The predicted octanol–water partition coefficient (Wildman–Crippen LogP) is 7.34. The van der Waals surface area contributed by atoms with Crippen LogP contribution in [0.1, 0.15) is 117 Å². The second kappa shape index (κ2) is 14.2. The van der Waals surface area contributed by atoms with Crippen LogP contribution < -0.4 is 0 Å². The van der Waals surface area contributed by atoms with Gasteiger partial charge in [0, 0.05) is 5.92 Å². The molecule has 0 bridgehead atoms. The molecule has 144 valence electrons. The lowest BCUT2D eigenvalue weighted by Gasteiger charge is -2.40. The van der Waals surface area contributed by atoms with Crippen LogP contribution >= 0.6 is 0 Å². The summed E-state index contributed by atoms with van der Waals surface area (Å²) in [4.78, 5) is 0. The number of hydrogen-bond donors (Lipinski definition) is 0. The Morgan fingerprint density at radius 1 is 0.708 bits per heavy atom. The number of rotatable bonds is 15. The highest BCUT2D eigenvalue weighted by molar-refractivity contribution is 4.59. The van der Waals surface area contributed by atoms with E-state index in [0.717, 1.165) is 5.92 Å². The molecule has 0 saturated carbocycles. The van der Waals surface area contributed by atoms with E-state index in [2.05, 4.69) is 20.9 Å². The van der Waals surface area contributed by atoms with Crippen molar-refractivity contribution in [1.29, 1.82) is 0 Å². The topological polar surface area (TPSA) is 0 Å². The van der Waals surface area contributed by atoms with Crippen molar-refractivity contribution in [2.75, 3.05) is 26.7 Å². The van der Waals surface area contributed by atoms with E-state index in [1.54, 1.807) is 0 Å².